The van der Waals surface area contributed by atoms with E-state index in [0.29, 0.717) is 0 Å². The molecule has 5 heteroatoms. The number of nitrogens with zero attached hydrogens (tertiary/aromatic N) is 3. The number of fused-ring (bicyclic) bond motifs is 1. The van der Waals surface area contributed by atoms with Crippen molar-refractivity contribution in [1.29, 1.82) is 0 Å². The highest BCUT2D eigenvalue weighted by Crippen LogP contribution is 2.41. The van der Waals surface area contributed by atoms with E-state index in [1.165, 1.54) is 12.1 Å². The number of hydrogen-bond acceptors (Lipinski definition) is 3. The maximum Gasteiger partial charge on any atom is 0.140 e. The molecule has 1 aromatic carbocycles. The van der Waals surface area contributed by atoms with Crippen molar-refractivity contribution in [3.05, 3.63) is 66.9 Å². The van der Waals surface area contributed by atoms with Crippen LogP contribution in [0.25, 0.3) is 33.4 Å². The van der Waals surface area contributed by atoms with Gasteiger partial charge < -0.3 is 9.88 Å². The molecule has 0 fully saturated rings. The first-order valence-corrected chi connectivity index (χ1v) is 9.14. The first-order valence-electron chi connectivity index (χ1n) is 9.14. The van der Waals surface area contributed by atoms with E-state index < -0.39 is 0 Å². The Hall–Kier alpha value is -3.21. The molecule has 3 heterocycles. The summed E-state index contributed by atoms with van der Waals surface area (Å²) in [6.45, 7) is 6.11. The lowest BCUT2D eigenvalue weighted by Gasteiger charge is -2.22. The molecule has 0 bridgehead atoms. The van der Waals surface area contributed by atoms with Crippen LogP contribution >= 0.6 is 0 Å². The average Bonchev–Trinajstić information content (AvgIpc) is 3.10. The summed E-state index contributed by atoms with van der Waals surface area (Å²) in [5, 5.41) is 1.08. The highest BCUT2D eigenvalue weighted by molar-refractivity contribution is 6.08. The predicted octanol–water partition coefficient (Wildman–Crippen LogP) is 5.28. The van der Waals surface area contributed by atoms with E-state index in [4.69, 9.17) is 0 Å². The normalized spacial score (nSPS) is 11.1. The van der Waals surface area contributed by atoms with Gasteiger partial charge in [0.05, 0.1) is 11.1 Å². The molecule has 1 N–H and O–H groups in total. The maximum atomic E-state index is 13.5. The number of pyridine rings is 2. The largest absolute Gasteiger partial charge is 0.371 e. The van der Waals surface area contributed by atoms with Gasteiger partial charge in [-0.05, 0) is 67.4 Å². The van der Waals surface area contributed by atoms with Crippen molar-refractivity contribution in [2.45, 2.75) is 13.8 Å². The van der Waals surface area contributed by atoms with Crippen LogP contribution in [0, 0.1) is 5.82 Å². The van der Waals surface area contributed by atoms with Gasteiger partial charge in [0.1, 0.15) is 11.5 Å². The minimum absolute atomic E-state index is 0.248. The third kappa shape index (κ3) is 3.05. The van der Waals surface area contributed by atoms with Crippen molar-refractivity contribution in [2.24, 2.45) is 0 Å². The van der Waals surface area contributed by atoms with Crippen molar-refractivity contribution < 1.29 is 4.39 Å². The lowest BCUT2D eigenvalue weighted by Crippen LogP contribution is -2.22. The molecule has 0 aliphatic heterocycles. The first-order chi connectivity index (χ1) is 13.2. The van der Waals surface area contributed by atoms with Crippen LogP contribution in [0.15, 0.2) is 61.1 Å². The van der Waals surface area contributed by atoms with E-state index >= 15 is 0 Å². The van der Waals surface area contributed by atoms with Crippen LogP contribution in [0.4, 0.5) is 10.1 Å². The molecule has 4 nitrogen and oxygen atoms in total. The number of benzene rings is 1. The minimum Gasteiger partial charge on any atom is -0.371 e. The highest BCUT2D eigenvalue weighted by atomic mass is 19.1. The highest BCUT2D eigenvalue weighted by Gasteiger charge is 2.20. The van der Waals surface area contributed by atoms with Gasteiger partial charge in [0.2, 0.25) is 0 Å². The maximum absolute atomic E-state index is 13.5. The Balaban J connectivity index is 2.07. The molecule has 0 atom stereocenters. The van der Waals surface area contributed by atoms with Gasteiger partial charge in [0.15, 0.2) is 0 Å². The zero-order valence-electron chi connectivity index (χ0n) is 15.4. The Morgan fingerprint density at radius 1 is 0.889 bits per heavy atom. The van der Waals surface area contributed by atoms with Crippen LogP contribution in [0.1, 0.15) is 13.8 Å². The van der Waals surface area contributed by atoms with Gasteiger partial charge in [0.25, 0.3) is 0 Å². The molecule has 0 radical (unpaired) electrons. The molecule has 0 saturated carbocycles. The monoisotopic (exact) mass is 360 g/mol. The molecule has 136 valence electrons. The summed E-state index contributed by atoms with van der Waals surface area (Å²) in [7, 11) is 0. The van der Waals surface area contributed by atoms with E-state index in [0.717, 1.165) is 52.2 Å². The van der Waals surface area contributed by atoms with Crippen LogP contribution in [0.2, 0.25) is 0 Å². The van der Waals surface area contributed by atoms with E-state index in [1.54, 1.807) is 24.5 Å². The number of halogens is 1. The molecule has 3 aromatic heterocycles. The first kappa shape index (κ1) is 17.2. The standard InChI is InChI=1S/C22H21FN4/c1-3-27(4-2)18-11-14-25-22-20(18)19(15-9-12-24-13-10-15)21(26-22)16-5-7-17(23)8-6-16/h5-14H,3-4H2,1-2H3,(H,25,26). The Labute approximate surface area is 157 Å². The Morgan fingerprint density at radius 3 is 2.26 bits per heavy atom. The molecular formula is C22H21FN4. The van der Waals surface area contributed by atoms with Crippen molar-refractivity contribution in [3.63, 3.8) is 0 Å². The summed E-state index contributed by atoms with van der Waals surface area (Å²) in [4.78, 5) is 14.5. The quantitative estimate of drug-likeness (QED) is 0.527. The Kier molecular flexibility index (Phi) is 4.59. The lowest BCUT2D eigenvalue weighted by atomic mass is 9.98. The fourth-order valence-electron chi connectivity index (χ4n) is 3.57. The summed E-state index contributed by atoms with van der Waals surface area (Å²) in [5.41, 5.74) is 5.94. The van der Waals surface area contributed by atoms with Crippen molar-refractivity contribution in [2.75, 3.05) is 18.0 Å². The van der Waals surface area contributed by atoms with E-state index in [1.807, 2.05) is 18.3 Å². The average molecular weight is 360 g/mol. The van der Waals surface area contributed by atoms with Crippen LogP contribution in [-0.4, -0.2) is 28.0 Å². The van der Waals surface area contributed by atoms with Gasteiger partial charge in [-0.1, -0.05) is 0 Å². The predicted molar refractivity (Wildman–Crippen MR) is 108 cm³/mol. The van der Waals surface area contributed by atoms with Crippen LogP contribution < -0.4 is 4.90 Å². The molecule has 4 aromatic rings. The fourth-order valence-corrected chi connectivity index (χ4v) is 3.57. The molecule has 0 aliphatic rings. The van der Waals surface area contributed by atoms with E-state index in [-0.39, 0.29) is 5.82 Å². The number of anilines is 1. The summed E-state index contributed by atoms with van der Waals surface area (Å²) < 4.78 is 13.5. The minimum atomic E-state index is -0.248. The summed E-state index contributed by atoms with van der Waals surface area (Å²) in [5.74, 6) is -0.248. The molecule has 0 unspecified atom stereocenters. The Morgan fingerprint density at radius 2 is 1.59 bits per heavy atom. The smallest absolute Gasteiger partial charge is 0.140 e. The third-order valence-corrected chi connectivity index (χ3v) is 4.88. The molecule has 0 aliphatic carbocycles. The number of nitrogens with one attached hydrogen (secondary N) is 1. The number of rotatable bonds is 5. The summed E-state index contributed by atoms with van der Waals surface area (Å²) >= 11 is 0. The van der Waals surface area contributed by atoms with Crippen molar-refractivity contribution in [1.82, 2.24) is 15.0 Å². The van der Waals surface area contributed by atoms with Crippen LogP contribution in [0.5, 0.6) is 0 Å². The molecule has 0 saturated heterocycles. The van der Waals surface area contributed by atoms with E-state index in [9.17, 15) is 4.39 Å². The molecule has 27 heavy (non-hydrogen) atoms. The van der Waals surface area contributed by atoms with Gasteiger partial charge in [0, 0.05) is 42.9 Å². The SMILES string of the molecule is CCN(CC)c1ccnc2[nH]c(-c3ccc(F)cc3)c(-c3ccncc3)c12. The number of aromatic amines is 1. The number of hydrogen-bond donors (Lipinski definition) is 1. The third-order valence-electron chi connectivity index (χ3n) is 4.88. The van der Waals surface area contributed by atoms with Crippen LogP contribution in [-0.2, 0) is 0 Å². The second kappa shape index (κ2) is 7.19. The Bertz CT molecular complexity index is 1050. The zero-order valence-corrected chi connectivity index (χ0v) is 15.4. The molecule has 0 amide bonds. The van der Waals surface area contributed by atoms with Gasteiger partial charge in [-0.2, -0.15) is 0 Å². The second-order valence-electron chi connectivity index (χ2n) is 6.34. The van der Waals surface area contributed by atoms with Gasteiger partial charge in [-0.3, -0.25) is 4.98 Å². The van der Waals surface area contributed by atoms with Gasteiger partial charge in [-0.15, -0.1) is 0 Å². The van der Waals surface area contributed by atoms with Gasteiger partial charge in [-0.25, -0.2) is 9.37 Å². The number of H-pyrrole nitrogens is 1. The van der Waals surface area contributed by atoms with Crippen molar-refractivity contribution in [3.8, 4) is 22.4 Å². The lowest BCUT2D eigenvalue weighted by molar-refractivity contribution is 0.628. The summed E-state index contributed by atoms with van der Waals surface area (Å²) in [6.07, 6.45) is 5.41. The molecular weight excluding hydrogens is 339 g/mol. The van der Waals surface area contributed by atoms with E-state index in [2.05, 4.69) is 39.8 Å². The summed E-state index contributed by atoms with van der Waals surface area (Å²) in [6, 6.07) is 12.6. The second-order valence-corrected chi connectivity index (χ2v) is 6.34. The molecule has 4 rings (SSSR count). The topological polar surface area (TPSA) is 44.8 Å². The van der Waals surface area contributed by atoms with Crippen molar-refractivity contribution >= 4 is 16.7 Å². The molecule has 0 spiro atoms. The van der Waals surface area contributed by atoms with Crippen LogP contribution in [0.3, 0.4) is 0 Å². The zero-order chi connectivity index (χ0) is 18.8. The number of aromatic nitrogens is 3. The van der Waals surface area contributed by atoms with Gasteiger partial charge >= 0.3 is 0 Å². The fraction of sp³-hybridized carbons (Fsp3) is 0.182.